The van der Waals surface area contributed by atoms with Gasteiger partial charge in [0.05, 0.1) is 6.04 Å². The van der Waals surface area contributed by atoms with Gasteiger partial charge < -0.3 is 10.6 Å². The van der Waals surface area contributed by atoms with Crippen LogP contribution in [0, 0.1) is 11.8 Å². The summed E-state index contributed by atoms with van der Waals surface area (Å²) in [6.07, 6.45) is 2.92. The Morgan fingerprint density at radius 2 is 1.76 bits per heavy atom. The molecule has 2 amide bonds. The fourth-order valence-electron chi connectivity index (χ4n) is 4.45. The van der Waals surface area contributed by atoms with E-state index in [1.54, 1.807) is 0 Å². The molecule has 152 valence electrons. The molecule has 1 aliphatic heterocycles. The van der Waals surface area contributed by atoms with Crippen molar-refractivity contribution in [1.82, 2.24) is 4.90 Å². The molecule has 2 fully saturated rings. The third-order valence-corrected chi connectivity index (χ3v) is 6.46. The molecule has 2 N–H and O–H groups in total. The van der Waals surface area contributed by atoms with Crippen molar-refractivity contribution in [3.8, 4) is 0 Å². The number of nitrogens with two attached hydrogens (primary N) is 1. The van der Waals surface area contributed by atoms with Crippen molar-refractivity contribution < 1.29 is 9.59 Å². The average molecular weight is 431 g/mol. The molecular weight excluding hydrogens is 407 g/mol. The number of primary amides is 1. The number of nitrogens with zero attached hydrogens (tertiary/aromatic N) is 1. The highest BCUT2D eigenvalue weighted by Crippen LogP contribution is 2.47. The number of piperidine rings is 1. The molecule has 0 radical (unpaired) electrons. The summed E-state index contributed by atoms with van der Waals surface area (Å²) in [4.78, 5) is 27.0. The number of likely N-dealkylation sites (tertiary alicyclic amines) is 1. The topological polar surface area (TPSA) is 63.4 Å². The molecule has 29 heavy (non-hydrogen) atoms. The molecule has 6 heteroatoms. The monoisotopic (exact) mass is 430 g/mol. The summed E-state index contributed by atoms with van der Waals surface area (Å²) in [7, 11) is 0. The molecule has 2 aromatic rings. The smallest absolute Gasteiger partial charge is 0.226 e. The lowest BCUT2D eigenvalue weighted by atomic mass is 9.74. The molecule has 0 aromatic heterocycles. The standard InChI is InChI=1S/C23H24Cl2N2O2/c24-18-8-6-15(7-9-18)22-20(16-2-1-3-19(25)10-16)11-17(12-21(26)28)23(29)27(22)13-14-4-5-14/h1-3,6-10,14,17,20,22H,4-5,11-13H2,(H2,26,28)/t17-,20-,22?/m1/s1. The molecule has 2 aromatic carbocycles. The molecule has 0 bridgehead atoms. The maximum absolute atomic E-state index is 13.4. The van der Waals surface area contributed by atoms with Crippen molar-refractivity contribution in [1.29, 1.82) is 0 Å². The second-order valence-electron chi connectivity index (χ2n) is 8.19. The van der Waals surface area contributed by atoms with Gasteiger partial charge in [-0.1, -0.05) is 47.5 Å². The minimum Gasteiger partial charge on any atom is -0.370 e. The van der Waals surface area contributed by atoms with Gasteiger partial charge in [-0.3, -0.25) is 9.59 Å². The van der Waals surface area contributed by atoms with Crippen LogP contribution in [0.4, 0.5) is 0 Å². The Hall–Kier alpha value is -2.04. The third kappa shape index (κ3) is 4.59. The van der Waals surface area contributed by atoms with E-state index >= 15 is 0 Å². The van der Waals surface area contributed by atoms with E-state index in [9.17, 15) is 9.59 Å². The minimum absolute atomic E-state index is 0.0222. The van der Waals surface area contributed by atoms with Crippen LogP contribution in [0.2, 0.25) is 10.0 Å². The van der Waals surface area contributed by atoms with Crippen molar-refractivity contribution >= 4 is 35.0 Å². The van der Waals surface area contributed by atoms with Crippen molar-refractivity contribution in [2.75, 3.05) is 6.54 Å². The molecule has 1 saturated carbocycles. The van der Waals surface area contributed by atoms with E-state index in [0.717, 1.165) is 24.0 Å². The van der Waals surface area contributed by atoms with Gasteiger partial charge >= 0.3 is 0 Å². The molecule has 1 saturated heterocycles. The molecule has 1 unspecified atom stereocenters. The van der Waals surface area contributed by atoms with E-state index in [0.29, 0.717) is 28.9 Å². The lowest BCUT2D eigenvalue weighted by Gasteiger charge is -2.45. The first-order chi connectivity index (χ1) is 13.9. The third-order valence-electron chi connectivity index (χ3n) is 5.98. The van der Waals surface area contributed by atoms with Crippen LogP contribution >= 0.6 is 23.2 Å². The van der Waals surface area contributed by atoms with E-state index < -0.39 is 11.8 Å². The molecular formula is C23H24Cl2N2O2. The quantitative estimate of drug-likeness (QED) is 0.703. The summed E-state index contributed by atoms with van der Waals surface area (Å²) in [5.41, 5.74) is 7.59. The van der Waals surface area contributed by atoms with E-state index in [4.69, 9.17) is 28.9 Å². The van der Waals surface area contributed by atoms with E-state index in [2.05, 4.69) is 0 Å². The predicted molar refractivity (Wildman–Crippen MR) is 115 cm³/mol. The Bertz CT molecular complexity index is 911. The first-order valence-electron chi connectivity index (χ1n) is 10.0. The van der Waals surface area contributed by atoms with Crippen molar-refractivity contribution in [2.45, 2.75) is 37.6 Å². The molecule has 1 aliphatic carbocycles. The van der Waals surface area contributed by atoms with Crippen LogP contribution < -0.4 is 5.73 Å². The number of benzene rings is 2. The SMILES string of the molecule is NC(=O)C[C@H]1C[C@H](c2cccc(Cl)c2)C(c2ccc(Cl)cc2)N(CC2CC2)C1=O. The van der Waals surface area contributed by atoms with Crippen LogP contribution in [0.3, 0.4) is 0 Å². The van der Waals surface area contributed by atoms with Crippen LogP contribution in [0.5, 0.6) is 0 Å². The lowest BCUT2D eigenvalue weighted by molar-refractivity contribution is -0.145. The Morgan fingerprint density at radius 1 is 1.03 bits per heavy atom. The Balaban J connectivity index is 1.78. The Kier molecular flexibility index (Phi) is 5.84. The van der Waals surface area contributed by atoms with Crippen LogP contribution in [-0.2, 0) is 9.59 Å². The number of amides is 2. The number of halogens is 2. The highest BCUT2D eigenvalue weighted by molar-refractivity contribution is 6.30. The molecule has 4 rings (SSSR count). The molecule has 3 atom stereocenters. The van der Waals surface area contributed by atoms with Gasteiger partial charge in [-0.15, -0.1) is 0 Å². The first kappa shape index (κ1) is 20.2. The van der Waals surface area contributed by atoms with Crippen LogP contribution in [0.25, 0.3) is 0 Å². The molecule has 0 spiro atoms. The summed E-state index contributed by atoms with van der Waals surface area (Å²) < 4.78 is 0. The zero-order valence-electron chi connectivity index (χ0n) is 16.1. The van der Waals surface area contributed by atoms with Gasteiger partial charge in [0, 0.05) is 34.8 Å². The van der Waals surface area contributed by atoms with Crippen LogP contribution in [0.15, 0.2) is 48.5 Å². The van der Waals surface area contributed by atoms with E-state index in [1.807, 2.05) is 53.4 Å². The highest BCUT2D eigenvalue weighted by Gasteiger charge is 2.45. The van der Waals surface area contributed by atoms with Crippen molar-refractivity contribution in [3.05, 3.63) is 69.7 Å². The normalized spacial score (nSPS) is 24.6. The summed E-state index contributed by atoms with van der Waals surface area (Å²) in [6.45, 7) is 0.707. The van der Waals surface area contributed by atoms with Gasteiger partial charge in [-0.2, -0.15) is 0 Å². The van der Waals surface area contributed by atoms with Gasteiger partial charge in [0.1, 0.15) is 0 Å². The van der Waals surface area contributed by atoms with Gasteiger partial charge in [0.15, 0.2) is 0 Å². The number of hydrogen-bond acceptors (Lipinski definition) is 2. The average Bonchev–Trinajstić information content (AvgIpc) is 3.49. The number of carbonyl (C=O) groups is 2. The Morgan fingerprint density at radius 3 is 2.38 bits per heavy atom. The summed E-state index contributed by atoms with van der Waals surface area (Å²) in [6, 6.07) is 15.4. The van der Waals surface area contributed by atoms with Gasteiger partial charge in [0.2, 0.25) is 11.8 Å². The van der Waals surface area contributed by atoms with Crippen LogP contribution in [-0.4, -0.2) is 23.3 Å². The second kappa shape index (κ2) is 8.37. The lowest BCUT2D eigenvalue weighted by Crippen LogP contribution is -2.48. The first-order valence-corrected chi connectivity index (χ1v) is 10.8. The largest absolute Gasteiger partial charge is 0.370 e. The molecule has 4 nitrogen and oxygen atoms in total. The maximum Gasteiger partial charge on any atom is 0.226 e. The van der Waals surface area contributed by atoms with E-state index in [-0.39, 0.29) is 24.3 Å². The van der Waals surface area contributed by atoms with Gasteiger partial charge in [-0.25, -0.2) is 0 Å². The predicted octanol–water partition coefficient (Wildman–Crippen LogP) is 4.95. The zero-order valence-corrected chi connectivity index (χ0v) is 17.6. The van der Waals surface area contributed by atoms with Gasteiger partial charge in [-0.05, 0) is 60.6 Å². The number of rotatable bonds is 6. The number of carbonyl (C=O) groups excluding carboxylic acids is 2. The molecule has 2 aliphatic rings. The highest BCUT2D eigenvalue weighted by atomic mass is 35.5. The van der Waals surface area contributed by atoms with Crippen LogP contribution in [0.1, 0.15) is 48.8 Å². The second-order valence-corrected chi connectivity index (χ2v) is 9.07. The van der Waals surface area contributed by atoms with Gasteiger partial charge in [0.25, 0.3) is 0 Å². The zero-order chi connectivity index (χ0) is 20.5. The minimum atomic E-state index is -0.440. The maximum atomic E-state index is 13.4. The van der Waals surface area contributed by atoms with E-state index in [1.165, 1.54) is 0 Å². The summed E-state index contributed by atoms with van der Waals surface area (Å²) in [5.74, 6) is -0.269. The van der Waals surface area contributed by atoms with Crippen molar-refractivity contribution in [3.63, 3.8) is 0 Å². The fourth-order valence-corrected chi connectivity index (χ4v) is 4.77. The van der Waals surface area contributed by atoms with Crippen molar-refractivity contribution in [2.24, 2.45) is 17.6 Å². The molecule has 1 heterocycles. The summed E-state index contributed by atoms with van der Waals surface area (Å²) >= 11 is 12.4. The number of hydrogen-bond donors (Lipinski definition) is 1. The fraction of sp³-hybridized carbons (Fsp3) is 0.391. The summed E-state index contributed by atoms with van der Waals surface area (Å²) in [5, 5.41) is 1.32. The Labute approximate surface area is 181 Å².